The van der Waals surface area contributed by atoms with Crippen LogP contribution in [0.15, 0.2) is 95.6 Å². The highest BCUT2D eigenvalue weighted by molar-refractivity contribution is 6.81. The predicted octanol–water partition coefficient (Wildman–Crippen LogP) is 8.59. The fraction of sp³-hybridized carbons (Fsp3) is 0.379. The summed E-state index contributed by atoms with van der Waals surface area (Å²) < 4.78 is 0. The van der Waals surface area contributed by atoms with E-state index in [-0.39, 0.29) is 6.71 Å². The Morgan fingerprint density at radius 2 is 1.50 bits per heavy atom. The summed E-state index contributed by atoms with van der Waals surface area (Å²) in [4.78, 5) is 0. The third-order valence-corrected chi connectivity index (χ3v) is 5.14. The van der Waals surface area contributed by atoms with Gasteiger partial charge in [-0.2, -0.15) is 0 Å². The minimum atomic E-state index is 0.248. The molecule has 0 aliphatic rings. The van der Waals surface area contributed by atoms with Crippen molar-refractivity contribution in [2.24, 2.45) is 0 Å². The summed E-state index contributed by atoms with van der Waals surface area (Å²) in [7, 11) is 0. The highest BCUT2D eigenvalue weighted by Crippen LogP contribution is 2.24. The Morgan fingerprint density at radius 1 is 0.933 bits per heavy atom. The zero-order valence-corrected chi connectivity index (χ0v) is 20.8. The standard InChI is InChI=1S/C27H37B.C2H6/c1-9-12-22(5)19-24(7)25(8)28(27-17-15-21(4)16-18-27)20-26(14-11-3)23(6)13-10-2;1-2/h11-19H,3,8-10,20H2,1-2,4-7H3;1-2H3/b22-12-,23-13-,24-19-,26-14-;. The van der Waals surface area contributed by atoms with Gasteiger partial charge < -0.3 is 0 Å². The van der Waals surface area contributed by atoms with E-state index in [0.717, 1.165) is 19.2 Å². The molecule has 0 aromatic heterocycles. The van der Waals surface area contributed by atoms with E-state index in [9.17, 15) is 0 Å². The van der Waals surface area contributed by atoms with E-state index in [2.05, 4.69) is 103 Å². The molecule has 30 heavy (non-hydrogen) atoms. The van der Waals surface area contributed by atoms with Gasteiger partial charge in [-0.1, -0.05) is 128 Å². The molecule has 1 aromatic carbocycles. The summed E-state index contributed by atoms with van der Waals surface area (Å²) in [5.74, 6) is 0. The van der Waals surface area contributed by atoms with Crippen LogP contribution in [-0.2, 0) is 0 Å². The molecule has 0 N–H and O–H groups in total. The molecule has 1 heteroatoms. The monoisotopic (exact) mass is 402 g/mol. The van der Waals surface area contributed by atoms with Gasteiger partial charge >= 0.3 is 0 Å². The second-order valence-corrected chi connectivity index (χ2v) is 7.60. The SMILES string of the molecule is C=C/C=C(CB(C(=C)/C(C)=C\C(C)=C/CC)c1ccc(C)cc1)\C(C)=C/CC.CC. The van der Waals surface area contributed by atoms with Crippen molar-refractivity contribution in [3.8, 4) is 0 Å². The zero-order chi connectivity index (χ0) is 23.1. The number of benzene rings is 1. The molecule has 0 radical (unpaired) electrons. The van der Waals surface area contributed by atoms with Crippen molar-refractivity contribution in [3.05, 3.63) is 101 Å². The van der Waals surface area contributed by atoms with Gasteiger partial charge in [-0.15, -0.1) is 6.58 Å². The number of hydrogen-bond acceptors (Lipinski definition) is 0. The topological polar surface area (TPSA) is 0 Å². The van der Waals surface area contributed by atoms with Crippen LogP contribution in [0, 0.1) is 6.92 Å². The molecule has 162 valence electrons. The molecule has 0 saturated carbocycles. The molecule has 0 spiro atoms. The van der Waals surface area contributed by atoms with Crippen LogP contribution < -0.4 is 5.46 Å². The number of aryl methyl sites for hydroxylation is 1. The fourth-order valence-corrected chi connectivity index (χ4v) is 3.49. The molecule has 0 amide bonds. The lowest BCUT2D eigenvalue weighted by molar-refractivity contribution is 1.17. The minimum absolute atomic E-state index is 0.248. The van der Waals surface area contributed by atoms with Crippen LogP contribution in [0.2, 0.25) is 6.32 Å². The third-order valence-electron chi connectivity index (χ3n) is 5.14. The van der Waals surface area contributed by atoms with Crippen LogP contribution in [-0.4, -0.2) is 6.71 Å². The summed E-state index contributed by atoms with van der Waals surface area (Å²) in [5.41, 5.74) is 9.00. The first-order chi connectivity index (χ1) is 14.3. The Balaban J connectivity index is 0.00000407. The first kappa shape index (κ1) is 27.7. The Labute approximate surface area is 188 Å². The van der Waals surface area contributed by atoms with Gasteiger partial charge in [0.15, 0.2) is 0 Å². The van der Waals surface area contributed by atoms with Crippen molar-refractivity contribution < 1.29 is 0 Å². The van der Waals surface area contributed by atoms with E-state index >= 15 is 0 Å². The first-order valence-corrected chi connectivity index (χ1v) is 11.4. The molecule has 1 aromatic rings. The van der Waals surface area contributed by atoms with Gasteiger partial charge in [-0.25, -0.2) is 0 Å². The maximum atomic E-state index is 4.52. The van der Waals surface area contributed by atoms with E-state index in [0.29, 0.717) is 0 Å². The normalized spacial score (nSPS) is 12.8. The van der Waals surface area contributed by atoms with E-state index in [4.69, 9.17) is 0 Å². The number of rotatable bonds is 10. The number of hydrogen-bond donors (Lipinski definition) is 0. The van der Waals surface area contributed by atoms with Gasteiger partial charge in [0.25, 0.3) is 0 Å². The summed E-state index contributed by atoms with van der Waals surface area (Å²) in [6.45, 7) is 25.7. The van der Waals surface area contributed by atoms with Crippen molar-refractivity contribution >= 4 is 12.2 Å². The second-order valence-electron chi connectivity index (χ2n) is 7.60. The number of allylic oxidation sites excluding steroid dienone is 10. The van der Waals surface area contributed by atoms with Gasteiger partial charge in [0, 0.05) is 0 Å². The highest BCUT2D eigenvalue weighted by Gasteiger charge is 2.23. The summed E-state index contributed by atoms with van der Waals surface area (Å²) in [6.07, 6.45) is 13.9. The van der Waals surface area contributed by atoms with Crippen molar-refractivity contribution in [3.63, 3.8) is 0 Å². The highest BCUT2D eigenvalue weighted by atomic mass is 14.1. The van der Waals surface area contributed by atoms with Crippen LogP contribution in [0.4, 0.5) is 0 Å². The summed E-state index contributed by atoms with van der Waals surface area (Å²) in [5, 5.41) is 0. The Morgan fingerprint density at radius 3 is 2.00 bits per heavy atom. The Bertz CT molecular complexity index is 782. The van der Waals surface area contributed by atoms with Gasteiger partial charge in [-0.3, -0.25) is 0 Å². The van der Waals surface area contributed by atoms with Crippen molar-refractivity contribution in [1.29, 1.82) is 0 Å². The molecular weight excluding hydrogens is 359 g/mol. The van der Waals surface area contributed by atoms with Crippen LogP contribution >= 0.6 is 0 Å². The van der Waals surface area contributed by atoms with Crippen LogP contribution in [0.25, 0.3) is 0 Å². The van der Waals surface area contributed by atoms with Crippen LogP contribution in [0.1, 0.15) is 66.9 Å². The average molecular weight is 402 g/mol. The average Bonchev–Trinajstić information content (AvgIpc) is 2.73. The maximum Gasteiger partial charge on any atom is 0.213 e. The van der Waals surface area contributed by atoms with Crippen molar-refractivity contribution in [2.75, 3.05) is 0 Å². The molecule has 0 saturated heterocycles. The Kier molecular flexibility index (Phi) is 14.4. The molecule has 1 rings (SSSR count). The van der Waals surface area contributed by atoms with Crippen LogP contribution in [0.5, 0.6) is 0 Å². The van der Waals surface area contributed by atoms with E-state index < -0.39 is 0 Å². The lowest BCUT2D eigenvalue weighted by atomic mass is 9.36. The van der Waals surface area contributed by atoms with Gasteiger partial charge in [-0.05, 0) is 46.9 Å². The Hall–Kier alpha value is -2.28. The van der Waals surface area contributed by atoms with Gasteiger partial charge in [0.1, 0.15) is 0 Å². The smallest absolute Gasteiger partial charge is 0.104 e. The lowest BCUT2D eigenvalue weighted by Gasteiger charge is -2.21. The van der Waals surface area contributed by atoms with Crippen molar-refractivity contribution in [1.82, 2.24) is 0 Å². The lowest BCUT2D eigenvalue weighted by Crippen LogP contribution is -2.33. The maximum absolute atomic E-state index is 4.52. The van der Waals surface area contributed by atoms with E-state index in [1.807, 2.05) is 19.9 Å². The molecule has 0 atom stereocenters. The van der Waals surface area contributed by atoms with E-state index in [1.165, 1.54) is 38.8 Å². The molecule has 0 nitrogen and oxygen atoms in total. The summed E-state index contributed by atoms with van der Waals surface area (Å²) in [6, 6.07) is 8.89. The molecule has 0 bridgehead atoms. The van der Waals surface area contributed by atoms with Crippen LogP contribution in [0.3, 0.4) is 0 Å². The van der Waals surface area contributed by atoms with Crippen molar-refractivity contribution in [2.45, 2.75) is 74.6 Å². The van der Waals surface area contributed by atoms with Gasteiger partial charge in [0.05, 0.1) is 0 Å². The predicted molar refractivity (Wildman–Crippen MR) is 142 cm³/mol. The largest absolute Gasteiger partial charge is 0.213 e. The molecule has 0 aliphatic heterocycles. The molecular formula is C29H43B. The molecule has 0 fully saturated rings. The second kappa shape index (κ2) is 15.5. The zero-order valence-electron chi connectivity index (χ0n) is 20.8. The molecule has 0 unspecified atom stereocenters. The molecule has 0 aliphatic carbocycles. The summed E-state index contributed by atoms with van der Waals surface area (Å²) >= 11 is 0. The molecule has 0 heterocycles. The minimum Gasteiger partial charge on any atom is -0.104 e. The fourth-order valence-electron chi connectivity index (χ4n) is 3.49. The van der Waals surface area contributed by atoms with Gasteiger partial charge in [0.2, 0.25) is 6.71 Å². The van der Waals surface area contributed by atoms with E-state index in [1.54, 1.807) is 0 Å². The third kappa shape index (κ3) is 9.48. The first-order valence-electron chi connectivity index (χ1n) is 11.4. The quantitative estimate of drug-likeness (QED) is 0.271.